The van der Waals surface area contributed by atoms with Gasteiger partial charge in [0, 0.05) is 37.4 Å². The zero-order valence-corrected chi connectivity index (χ0v) is 12.5. The van der Waals surface area contributed by atoms with Crippen molar-refractivity contribution in [3.63, 3.8) is 0 Å². The van der Waals surface area contributed by atoms with E-state index in [1.165, 1.54) is 0 Å². The molecule has 4 heteroatoms. The van der Waals surface area contributed by atoms with Gasteiger partial charge < -0.3 is 15.5 Å². The van der Waals surface area contributed by atoms with Gasteiger partial charge in [-0.3, -0.25) is 0 Å². The quantitative estimate of drug-likeness (QED) is 0.823. The van der Waals surface area contributed by atoms with Gasteiger partial charge in [-0.2, -0.15) is 0 Å². The van der Waals surface area contributed by atoms with E-state index >= 15 is 0 Å². The lowest BCUT2D eigenvalue weighted by Gasteiger charge is -2.28. The SMILES string of the molecule is CC(C)CN(CCN(C)C)c1ccc(CN)c(F)c1. The van der Waals surface area contributed by atoms with Crippen LogP contribution in [0.1, 0.15) is 19.4 Å². The summed E-state index contributed by atoms with van der Waals surface area (Å²) >= 11 is 0. The summed E-state index contributed by atoms with van der Waals surface area (Å²) in [7, 11) is 4.09. The molecular weight excluding hydrogens is 241 g/mol. The monoisotopic (exact) mass is 267 g/mol. The van der Waals surface area contributed by atoms with Crippen molar-refractivity contribution in [2.24, 2.45) is 11.7 Å². The standard InChI is InChI=1S/C15H26FN3/c1-12(2)11-19(8-7-18(3)4)14-6-5-13(10-17)15(16)9-14/h5-6,9,12H,7-8,10-11,17H2,1-4H3. The molecule has 1 rings (SSSR count). The summed E-state index contributed by atoms with van der Waals surface area (Å²) in [6.07, 6.45) is 0. The molecule has 0 saturated heterocycles. The van der Waals surface area contributed by atoms with Gasteiger partial charge in [0.2, 0.25) is 0 Å². The first-order valence-corrected chi connectivity index (χ1v) is 6.82. The van der Waals surface area contributed by atoms with Crippen LogP contribution >= 0.6 is 0 Å². The first-order chi connectivity index (χ1) is 8.93. The van der Waals surface area contributed by atoms with Crippen LogP contribution in [0.4, 0.5) is 10.1 Å². The van der Waals surface area contributed by atoms with E-state index in [0.717, 1.165) is 25.3 Å². The van der Waals surface area contributed by atoms with Crippen LogP contribution in [0, 0.1) is 11.7 Å². The van der Waals surface area contributed by atoms with E-state index in [0.29, 0.717) is 11.5 Å². The van der Waals surface area contributed by atoms with Crippen LogP contribution in [-0.2, 0) is 6.54 Å². The number of anilines is 1. The molecule has 0 amide bonds. The van der Waals surface area contributed by atoms with Crippen LogP contribution in [-0.4, -0.2) is 38.6 Å². The minimum absolute atomic E-state index is 0.210. The minimum atomic E-state index is -0.210. The molecule has 2 N–H and O–H groups in total. The number of rotatable bonds is 7. The molecule has 0 unspecified atom stereocenters. The lowest BCUT2D eigenvalue weighted by Crippen LogP contribution is -2.34. The molecule has 0 aliphatic heterocycles. The number of benzene rings is 1. The van der Waals surface area contributed by atoms with Crippen LogP contribution in [0.5, 0.6) is 0 Å². The van der Waals surface area contributed by atoms with E-state index in [4.69, 9.17) is 5.73 Å². The summed E-state index contributed by atoms with van der Waals surface area (Å²) in [4.78, 5) is 4.37. The van der Waals surface area contributed by atoms with Crippen LogP contribution in [0.25, 0.3) is 0 Å². The van der Waals surface area contributed by atoms with Crippen molar-refractivity contribution in [3.05, 3.63) is 29.6 Å². The minimum Gasteiger partial charge on any atom is -0.370 e. The Morgan fingerprint density at radius 2 is 1.89 bits per heavy atom. The van der Waals surface area contributed by atoms with Crippen molar-refractivity contribution >= 4 is 5.69 Å². The highest BCUT2D eigenvalue weighted by molar-refractivity contribution is 5.48. The number of nitrogens with zero attached hydrogens (tertiary/aromatic N) is 2. The fourth-order valence-corrected chi connectivity index (χ4v) is 1.99. The van der Waals surface area contributed by atoms with Gasteiger partial charge in [0.05, 0.1) is 0 Å². The molecule has 0 atom stereocenters. The van der Waals surface area contributed by atoms with Gasteiger partial charge in [0.1, 0.15) is 5.82 Å². The zero-order chi connectivity index (χ0) is 14.4. The lowest BCUT2D eigenvalue weighted by atomic mass is 10.1. The first kappa shape index (κ1) is 15.9. The molecule has 1 aromatic rings. The Kier molecular flexibility index (Phi) is 6.25. The summed E-state index contributed by atoms with van der Waals surface area (Å²) in [5.74, 6) is 0.331. The van der Waals surface area contributed by atoms with Gasteiger partial charge >= 0.3 is 0 Å². The Balaban J connectivity index is 2.86. The summed E-state index contributed by atoms with van der Waals surface area (Å²) in [5, 5.41) is 0. The van der Waals surface area contributed by atoms with Crippen molar-refractivity contribution in [1.82, 2.24) is 4.90 Å². The van der Waals surface area contributed by atoms with E-state index in [1.54, 1.807) is 12.1 Å². The third-order valence-corrected chi connectivity index (χ3v) is 3.02. The highest BCUT2D eigenvalue weighted by Gasteiger charge is 2.11. The molecular formula is C15H26FN3. The molecule has 0 aromatic heterocycles. The van der Waals surface area contributed by atoms with Gasteiger partial charge in [-0.15, -0.1) is 0 Å². The van der Waals surface area contributed by atoms with E-state index in [2.05, 4.69) is 23.6 Å². The van der Waals surface area contributed by atoms with Gasteiger partial charge in [-0.25, -0.2) is 4.39 Å². The molecule has 0 aliphatic rings. The van der Waals surface area contributed by atoms with Crippen molar-refractivity contribution in [1.29, 1.82) is 0 Å². The summed E-state index contributed by atoms with van der Waals surface area (Å²) in [6.45, 7) is 7.36. The molecule has 0 heterocycles. The number of halogens is 1. The predicted octanol–water partition coefficient (Wildman–Crippen LogP) is 2.31. The van der Waals surface area contributed by atoms with E-state index < -0.39 is 0 Å². The molecule has 1 aromatic carbocycles. The molecule has 0 aliphatic carbocycles. The Morgan fingerprint density at radius 3 is 2.37 bits per heavy atom. The average Bonchev–Trinajstić information content (AvgIpc) is 2.33. The topological polar surface area (TPSA) is 32.5 Å². The van der Waals surface area contributed by atoms with Crippen molar-refractivity contribution < 1.29 is 4.39 Å². The second-order valence-electron chi connectivity index (χ2n) is 5.62. The maximum absolute atomic E-state index is 13.8. The molecule has 19 heavy (non-hydrogen) atoms. The normalized spacial score (nSPS) is 11.4. The summed E-state index contributed by atoms with van der Waals surface area (Å²) in [5.41, 5.74) is 7.00. The molecule has 0 saturated carbocycles. The Morgan fingerprint density at radius 1 is 1.21 bits per heavy atom. The molecule has 108 valence electrons. The molecule has 0 radical (unpaired) electrons. The lowest BCUT2D eigenvalue weighted by molar-refractivity contribution is 0.409. The van der Waals surface area contributed by atoms with Gasteiger partial charge in [0.25, 0.3) is 0 Å². The maximum Gasteiger partial charge on any atom is 0.129 e. The van der Waals surface area contributed by atoms with E-state index in [9.17, 15) is 4.39 Å². The zero-order valence-electron chi connectivity index (χ0n) is 12.5. The average molecular weight is 267 g/mol. The molecule has 0 spiro atoms. The number of hydrogen-bond donors (Lipinski definition) is 1. The van der Waals surface area contributed by atoms with Crippen LogP contribution in [0.3, 0.4) is 0 Å². The fraction of sp³-hybridized carbons (Fsp3) is 0.600. The van der Waals surface area contributed by atoms with E-state index in [-0.39, 0.29) is 12.4 Å². The van der Waals surface area contributed by atoms with Crippen LogP contribution in [0.15, 0.2) is 18.2 Å². The highest BCUT2D eigenvalue weighted by Crippen LogP contribution is 2.19. The summed E-state index contributed by atoms with van der Waals surface area (Å²) < 4.78 is 13.8. The Bertz CT molecular complexity index is 391. The predicted molar refractivity (Wildman–Crippen MR) is 79.9 cm³/mol. The molecule has 0 bridgehead atoms. The van der Waals surface area contributed by atoms with Crippen molar-refractivity contribution in [2.75, 3.05) is 38.6 Å². The van der Waals surface area contributed by atoms with Crippen LogP contribution in [0.2, 0.25) is 0 Å². The molecule has 3 nitrogen and oxygen atoms in total. The maximum atomic E-state index is 13.8. The largest absolute Gasteiger partial charge is 0.370 e. The molecule has 0 fully saturated rings. The first-order valence-electron chi connectivity index (χ1n) is 6.82. The number of hydrogen-bond acceptors (Lipinski definition) is 3. The third kappa shape index (κ3) is 5.17. The van der Waals surface area contributed by atoms with Crippen molar-refractivity contribution in [2.45, 2.75) is 20.4 Å². The van der Waals surface area contributed by atoms with Gasteiger partial charge in [-0.05, 0) is 32.1 Å². The van der Waals surface area contributed by atoms with Crippen LogP contribution < -0.4 is 10.6 Å². The smallest absolute Gasteiger partial charge is 0.129 e. The Labute approximate surface area is 116 Å². The third-order valence-electron chi connectivity index (χ3n) is 3.02. The second kappa shape index (κ2) is 7.46. The van der Waals surface area contributed by atoms with Gasteiger partial charge in [-0.1, -0.05) is 19.9 Å². The fourth-order valence-electron chi connectivity index (χ4n) is 1.99. The summed E-state index contributed by atoms with van der Waals surface area (Å²) in [6, 6.07) is 5.34. The van der Waals surface area contributed by atoms with E-state index in [1.807, 2.05) is 20.2 Å². The highest BCUT2D eigenvalue weighted by atomic mass is 19.1. The van der Waals surface area contributed by atoms with Crippen molar-refractivity contribution in [3.8, 4) is 0 Å². The number of likely N-dealkylation sites (N-methyl/N-ethyl adjacent to an activating group) is 1. The Hall–Kier alpha value is -1.13. The second-order valence-corrected chi connectivity index (χ2v) is 5.62. The van der Waals surface area contributed by atoms with Gasteiger partial charge in [0.15, 0.2) is 0 Å². The number of nitrogens with two attached hydrogens (primary N) is 1.